The normalized spacial score (nSPS) is 12.8. The minimum Gasteiger partial charge on any atom is -0.444 e. The van der Waals surface area contributed by atoms with Gasteiger partial charge in [0.2, 0.25) is 0 Å². The predicted molar refractivity (Wildman–Crippen MR) is 98.8 cm³/mol. The summed E-state index contributed by atoms with van der Waals surface area (Å²) in [6.07, 6.45) is -0.544. The van der Waals surface area contributed by atoms with Crippen molar-refractivity contribution in [3.05, 3.63) is 60.2 Å². The van der Waals surface area contributed by atoms with Gasteiger partial charge >= 0.3 is 6.09 Å². The van der Waals surface area contributed by atoms with Gasteiger partial charge in [0.25, 0.3) is 0 Å². The van der Waals surface area contributed by atoms with E-state index in [1.165, 1.54) is 6.07 Å². The number of carbonyl (C=O) groups is 1. The Bertz CT molecular complexity index is 929. The number of rotatable bonds is 3. The number of alkyl carbamates (subject to hydrolysis) is 1. The van der Waals surface area contributed by atoms with Crippen molar-refractivity contribution in [3.8, 4) is 5.69 Å². The number of ether oxygens (including phenoxy) is 1. The van der Waals surface area contributed by atoms with E-state index in [9.17, 15) is 9.18 Å². The van der Waals surface area contributed by atoms with E-state index in [1.54, 1.807) is 44.4 Å². The van der Waals surface area contributed by atoms with Crippen LogP contribution < -0.4 is 5.32 Å². The number of halogens is 1. The molecular weight excluding hydrogens is 333 g/mol. The third-order valence-electron chi connectivity index (χ3n) is 3.79. The second-order valence-electron chi connectivity index (χ2n) is 7.12. The van der Waals surface area contributed by atoms with Gasteiger partial charge in [-0.25, -0.2) is 14.2 Å². The molecular formula is C20H22FN3O2. The maximum atomic E-state index is 14.5. The monoisotopic (exact) mass is 355 g/mol. The van der Waals surface area contributed by atoms with Crippen LogP contribution in [0.3, 0.4) is 0 Å². The standard InChI is InChI=1S/C20H22FN3O2/c1-13(22-19(25)26-20(2,3)4)18-23-16-12-8-11-15(21)17(16)24(18)14-9-6-5-7-10-14/h5-13H,1-4H3,(H,22,25). The highest BCUT2D eigenvalue weighted by Crippen LogP contribution is 2.27. The van der Waals surface area contributed by atoms with Crippen LogP contribution in [0.1, 0.15) is 39.6 Å². The molecule has 0 fully saturated rings. The van der Waals surface area contributed by atoms with Gasteiger partial charge in [-0.2, -0.15) is 0 Å². The number of benzene rings is 2. The Balaban J connectivity index is 2.05. The lowest BCUT2D eigenvalue weighted by molar-refractivity contribution is 0.0505. The van der Waals surface area contributed by atoms with E-state index >= 15 is 0 Å². The van der Waals surface area contributed by atoms with Crippen molar-refractivity contribution in [1.29, 1.82) is 0 Å². The zero-order valence-electron chi connectivity index (χ0n) is 15.3. The molecule has 1 amide bonds. The molecule has 0 spiro atoms. The van der Waals surface area contributed by atoms with Gasteiger partial charge < -0.3 is 10.1 Å². The van der Waals surface area contributed by atoms with Crippen LogP contribution in [-0.2, 0) is 4.74 Å². The second kappa shape index (κ2) is 6.78. The SMILES string of the molecule is CC(NC(=O)OC(C)(C)C)c1nc2cccc(F)c2n1-c1ccccc1. The van der Waals surface area contributed by atoms with E-state index in [0.717, 1.165) is 5.69 Å². The summed E-state index contributed by atoms with van der Waals surface area (Å²) in [6.45, 7) is 7.19. The minimum atomic E-state index is -0.602. The predicted octanol–water partition coefficient (Wildman–Crippen LogP) is 4.75. The minimum absolute atomic E-state index is 0.366. The summed E-state index contributed by atoms with van der Waals surface area (Å²) < 4.78 is 21.6. The highest BCUT2D eigenvalue weighted by atomic mass is 19.1. The first-order chi connectivity index (χ1) is 12.3. The summed E-state index contributed by atoms with van der Waals surface area (Å²) >= 11 is 0. The number of amides is 1. The Morgan fingerprint density at radius 2 is 1.85 bits per heavy atom. The van der Waals surface area contributed by atoms with Gasteiger partial charge in [-0.3, -0.25) is 4.57 Å². The quantitative estimate of drug-likeness (QED) is 0.737. The number of hydrogen-bond acceptors (Lipinski definition) is 3. The van der Waals surface area contributed by atoms with Crippen molar-refractivity contribution in [2.75, 3.05) is 0 Å². The largest absolute Gasteiger partial charge is 0.444 e. The van der Waals surface area contributed by atoms with Crippen molar-refractivity contribution in [3.63, 3.8) is 0 Å². The average molecular weight is 355 g/mol. The Morgan fingerprint density at radius 1 is 1.15 bits per heavy atom. The number of imidazole rings is 1. The van der Waals surface area contributed by atoms with E-state index in [0.29, 0.717) is 16.9 Å². The van der Waals surface area contributed by atoms with Crippen LogP contribution in [0.2, 0.25) is 0 Å². The van der Waals surface area contributed by atoms with Gasteiger partial charge in [0, 0.05) is 5.69 Å². The van der Waals surface area contributed by atoms with Crippen LogP contribution in [0.5, 0.6) is 0 Å². The molecule has 0 bridgehead atoms. The van der Waals surface area contributed by atoms with Gasteiger partial charge in [0.15, 0.2) is 0 Å². The Kier molecular flexibility index (Phi) is 4.68. The van der Waals surface area contributed by atoms with Crippen molar-refractivity contribution in [2.24, 2.45) is 0 Å². The van der Waals surface area contributed by atoms with Crippen molar-refractivity contribution >= 4 is 17.1 Å². The first-order valence-corrected chi connectivity index (χ1v) is 8.48. The topological polar surface area (TPSA) is 56.1 Å². The molecule has 0 aliphatic heterocycles. The molecule has 0 saturated carbocycles. The Morgan fingerprint density at radius 3 is 2.50 bits per heavy atom. The molecule has 3 aromatic rings. The number of nitrogens with zero attached hydrogens (tertiary/aromatic N) is 2. The van der Waals surface area contributed by atoms with E-state index in [4.69, 9.17) is 4.74 Å². The fraction of sp³-hybridized carbons (Fsp3) is 0.300. The Labute approximate surface area is 151 Å². The molecule has 1 atom stereocenters. The fourth-order valence-corrected chi connectivity index (χ4v) is 2.78. The number of fused-ring (bicyclic) bond motifs is 1. The molecule has 3 rings (SSSR count). The van der Waals surface area contributed by atoms with Gasteiger partial charge in [-0.15, -0.1) is 0 Å². The number of para-hydroxylation sites is 2. The summed E-state index contributed by atoms with van der Waals surface area (Å²) in [5, 5.41) is 2.78. The van der Waals surface area contributed by atoms with E-state index in [-0.39, 0.29) is 5.82 Å². The average Bonchev–Trinajstić information content (AvgIpc) is 2.95. The van der Waals surface area contributed by atoms with Crippen LogP contribution in [0.4, 0.5) is 9.18 Å². The van der Waals surface area contributed by atoms with E-state index in [1.807, 2.05) is 30.3 Å². The van der Waals surface area contributed by atoms with Gasteiger partial charge in [0.1, 0.15) is 22.8 Å². The van der Waals surface area contributed by atoms with Crippen molar-refractivity contribution < 1.29 is 13.9 Å². The fourth-order valence-electron chi connectivity index (χ4n) is 2.78. The highest BCUT2D eigenvalue weighted by Gasteiger charge is 2.23. The van der Waals surface area contributed by atoms with Crippen LogP contribution in [-0.4, -0.2) is 21.2 Å². The first kappa shape index (κ1) is 17.9. The third kappa shape index (κ3) is 3.69. The van der Waals surface area contributed by atoms with Gasteiger partial charge in [-0.1, -0.05) is 24.3 Å². The second-order valence-corrected chi connectivity index (χ2v) is 7.12. The van der Waals surface area contributed by atoms with Crippen molar-refractivity contribution in [2.45, 2.75) is 39.3 Å². The van der Waals surface area contributed by atoms with E-state index in [2.05, 4.69) is 10.3 Å². The smallest absolute Gasteiger partial charge is 0.408 e. The molecule has 26 heavy (non-hydrogen) atoms. The summed E-state index contributed by atoms with van der Waals surface area (Å²) in [7, 11) is 0. The molecule has 0 aliphatic carbocycles. The zero-order chi connectivity index (χ0) is 18.9. The van der Waals surface area contributed by atoms with Crippen molar-refractivity contribution in [1.82, 2.24) is 14.9 Å². The summed E-state index contributed by atoms with van der Waals surface area (Å²) in [4.78, 5) is 16.7. The first-order valence-electron chi connectivity index (χ1n) is 8.48. The molecule has 1 aromatic heterocycles. The maximum Gasteiger partial charge on any atom is 0.408 e. The molecule has 1 N–H and O–H groups in total. The maximum absolute atomic E-state index is 14.5. The number of hydrogen-bond donors (Lipinski definition) is 1. The third-order valence-corrected chi connectivity index (χ3v) is 3.79. The van der Waals surface area contributed by atoms with Crippen LogP contribution in [0.15, 0.2) is 48.5 Å². The Hall–Kier alpha value is -2.89. The van der Waals surface area contributed by atoms with Gasteiger partial charge in [0.05, 0.1) is 11.6 Å². The molecule has 0 radical (unpaired) electrons. The molecule has 136 valence electrons. The lowest BCUT2D eigenvalue weighted by Crippen LogP contribution is -2.34. The zero-order valence-corrected chi connectivity index (χ0v) is 15.3. The van der Waals surface area contributed by atoms with E-state index < -0.39 is 17.7 Å². The highest BCUT2D eigenvalue weighted by molar-refractivity contribution is 5.79. The summed E-state index contributed by atoms with van der Waals surface area (Å²) in [5.74, 6) is 0.164. The molecule has 1 unspecified atom stereocenters. The molecule has 5 nitrogen and oxygen atoms in total. The summed E-state index contributed by atoms with van der Waals surface area (Å²) in [6, 6.07) is 13.7. The van der Waals surface area contributed by atoms with Crippen LogP contribution in [0.25, 0.3) is 16.7 Å². The number of carbonyl (C=O) groups excluding carboxylic acids is 1. The lowest BCUT2D eigenvalue weighted by atomic mass is 10.2. The van der Waals surface area contributed by atoms with Crippen LogP contribution in [0, 0.1) is 5.82 Å². The molecule has 0 aliphatic rings. The molecule has 6 heteroatoms. The molecule has 1 heterocycles. The molecule has 2 aromatic carbocycles. The number of aromatic nitrogens is 2. The molecule has 0 saturated heterocycles. The summed E-state index contributed by atoms with van der Waals surface area (Å²) in [5.41, 5.74) is 1.08. The number of nitrogens with one attached hydrogen (secondary N) is 1. The van der Waals surface area contributed by atoms with Gasteiger partial charge in [-0.05, 0) is 52.0 Å². The lowest BCUT2D eigenvalue weighted by Gasteiger charge is -2.22. The van der Waals surface area contributed by atoms with Crippen LogP contribution >= 0.6 is 0 Å².